The molecule has 3 aliphatic rings. The van der Waals surface area contributed by atoms with Crippen LogP contribution in [0.4, 0.5) is 0 Å². The van der Waals surface area contributed by atoms with Crippen molar-refractivity contribution in [3.8, 4) is 0 Å². The Bertz CT molecular complexity index is 354. The van der Waals surface area contributed by atoms with E-state index >= 15 is 0 Å². The summed E-state index contributed by atoms with van der Waals surface area (Å²) >= 11 is 0. The maximum atomic E-state index is 12.3. The lowest BCUT2D eigenvalue weighted by molar-refractivity contribution is -0.136. The summed E-state index contributed by atoms with van der Waals surface area (Å²) in [5.41, 5.74) is 0. The second kappa shape index (κ2) is 4.88. The van der Waals surface area contributed by atoms with Crippen LogP contribution in [0, 0.1) is 0 Å². The minimum absolute atomic E-state index is 0.0170. The van der Waals surface area contributed by atoms with Gasteiger partial charge in [0.15, 0.2) is 0 Å². The highest BCUT2D eigenvalue weighted by Gasteiger charge is 2.34. The Morgan fingerprint density at radius 2 is 2.06 bits per heavy atom. The topological polar surface area (TPSA) is 61.4 Å². The van der Waals surface area contributed by atoms with E-state index in [1.54, 1.807) is 0 Å². The molecule has 0 bridgehead atoms. The van der Waals surface area contributed by atoms with E-state index in [2.05, 4.69) is 10.6 Å². The first-order chi connectivity index (χ1) is 8.72. The molecule has 2 heterocycles. The normalized spacial score (nSPS) is 32.8. The van der Waals surface area contributed by atoms with Gasteiger partial charge in [0.2, 0.25) is 11.8 Å². The van der Waals surface area contributed by atoms with Crippen molar-refractivity contribution in [2.45, 2.75) is 56.7 Å². The van der Waals surface area contributed by atoms with Crippen LogP contribution in [-0.4, -0.2) is 47.9 Å². The number of hydrogen-bond acceptors (Lipinski definition) is 3. The highest BCUT2D eigenvalue weighted by Crippen LogP contribution is 2.23. The van der Waals surface area contributed by atoms with Gasteiger partial charge in [-0.05, 0) is 32.1 Å². The Morgan fingerprint density at radius 1 is 1.22 bits per heavy atom. The van der Waals surface area contributed by atoms with Gasteiger partial charge in [0.25, 0.3) is 0 Å². The van der Waals surface area contributed by atoms with E-state index in [-0.39, 0.29) is 23.9 Å². The molecular weight excluding hydrogens is 230 g/mol. The smallest absolute Gasteiger partial charge is 0.239 e. The highest BCUT2D eigenvalue weighted by atomic mass is 16.2. The SMILES string of the molecule is O=C1CCC(CN2CCCC(NC3CC3)C2=O)N1. The van der Waals surface area contributed by atoms with Gasteiger partial charge < -0.3 is 15.5 Å². The molecule has 5 nitrogen and oxygen atoms in total. The molecule has 100 valence electrons. The predicted molar refractivity (Wildman–Crippen MR) is 66.9 cm³/mol. The summed E-state index contributed by atoms with van der Waals surface area (Å²) < 4.78 is 0. The molecule has 5 heteroatoms. The van der Waals surface area contributed by atoms with Crippen LogP contribution in [0.3, 0.4) is 0 Å². The number of nitrogens with one attached hydrogen (secondary N) is 2. The second-order valence-electron chi connectivity index (χ2n) is 5.72. The zero-order chi connectivity index (χ0) is 12.5. The first-order valence-corrected chi connectivity index (χ1v) is 7.06. The van der Waals surface area contributed by atoms with Gasteiger partial charge in [-0.3, -0.25) is 9.59 Å². The molecule has 3 rings (SSSR count). The Labute approximate surface area is 107 Å². The molecule has 0 radical (unpaired) electrons. The van der Waals surface area contributed by atoms with Crippen molar-refractivity contribution >= 4 is 11.8 Å². The molecule has 2 atom stereocenters. The van der Waals surface area contributed by atoms with Crippen LogP contribution in [0.2, 0.25) is 0 Å². The lowest BCUT2D eigenvalue weighted by Crippen LogP contribution is -2.54. The number of amides is 2. The average molecular weight is 251 g/mol. The molecule has 18 heavy (non-hydrogen) atoms. The van der Waals surface area contributed by atoms with E-state index in [0.717, 1.165) is 25.8 Å². The van der Waals surface area contributed by atoms with E-state index < -0.39 is 0 Å². The second-order valence-corrected chi connectivity index (χ2v) is 5.72. The number of hydrogen-bond donors (Lipinski definition) is 2. The summed E-state index contributed by atoms with van der Waals surface area (Å²) in [6.45, 7) is 1.53. The van der Waals surface area contributed by atoms with E-state index in [9.17, 15) is 9.59 Å². The average Bonchev–Trinajstić information content (AvgIpc) is 3.07. The molecule has 1 saturated carbocycles. The van der Waals surface area contributed by atoms with Gasteiger partial charge in [-0.2, -0.15) is 0 Å². The molecule has 2 amide bonds. The summed E-state index contributed by atoms with van der Waals surface area (Å²) in [4.78, 5) is 25.4. The predicted octanol–water partition coefficient (Wildman–Crippen LogP) is 0.00800. The monoisotopic (exact) mass is 251 g/mol. The van der Waals surface area contributed by atoms with Crippen molar-refractivity contribution in [3.63, 3.8) is 0 Å². The Balaban J connectivity index is 1.54. The minimum Gasteiger partial charge on any atom is -0.352 e. The van der Waals surface area contributed by atoms with Gasteiger partial charge in [-0.1, -0.05) is 0 Å². The third-order valence-corrected chi connectivity index (χ3v) is 4.07. The molecule has 2 saturated heterocycles. The zero-order valence-electron chi connectivity index (χ0n) is 10.7. The van der Waals surface area contributed by atoms with Crippen molar-refractivity contribution in [1.29, 1.82) is 0 Å². The highest BCUT2D eigenvalue weighted by molar-refractivity contribution is 5.83. The fourth-order valence-corrected chi connectivity index (χ4v) is 2.89. The molecule has 2 aliphatic heterocycles. The summed E-state index contributed by atoms with van der Waals surface area (Å²) in [6.07, 6.45) is 5.92. The standard InChI is InChI=1S/C13H21N3O2/c17-12-6-5-10(15-12)8-16-7-1-2-11(13(16)18)14-9-3-4-9/h9-11,14H,1-8H2,(H,15,17). The molecule has 0 aromatic rings. The molecule has 3 fully saturated rings. The van der Waals surface area contributed by atoms with Crippen LogP contribution in [0.25, 0.3) is 0 Å². The molecule has 0 spiro atoms. The van der Waals surface area contributed by atoms with Gasteiger partial charge >= 0.3 is 0 Å². The van der Waals surface area contributed by atoms with Crippen LogP contribution >= 0.6 is 0 Å². The zero-order valence-corrected chi connectivity index (χ0v) is 10.7. The summed E-state index contributed by atoms with van der Waals surface area (Å²) in [5.74, 6) is 0.353. The quantitative estimate of drug-likeness (QED) is 0.740. The maximum absolute atomic E-state index is 12.3. The summed E-state index contributed by atoms with van der Waals surface area (Å²) in [7, 11) is 0. The van der Waals surface area contributed by atoms with Crippen LogP contribution in [0.15, 0.2) is 0 Å². The third-order valence-electron chi connectivity index (χ3n) is 4.07. The molecule has 2 unspecified atom stereocenters. The lowest BCUT2D eigenvalue weighted by atomic mass is 10.0. The Kier molecular flexibility index (Phi) is 3.24. The molecule has 0 aromatic heterocycles. The first-order valence-electron chi connectivity index (χ1n) is 7.06. The number of rotatable bonds is 4. The number of carbonyl (C=O) groups is 2. The third kappa shape index (κ3) is 2.66. The Morgan fingerprint density at radius 3 is 2.72 bits per heavy atom. The van der Waals surface area contributed by atoms with E-state index in [0.29, 0.717) is 19.0 Å². The van der Waals surface area contributed by atoms with E-state index in [4.69, 9.17) is 0 Å². The molecular formula is C13H21N3O2. The van der Waals surface area contributed by atoms with Crippen LogP contribution in [-0.2, 0) is 9.59 Å². The van der Waals surface area contributed by atoms with E-state index in [1.165, 1.54) is 12.8 Å². The number of nitrogens with zero attached hydrogens (tertiary/aromatic N) is 1. The number of piperidine rings is 1. The van der Waals surface area contributed by atoms with Crippen LogP contribution in [0.5, 0.6) is 0 Å². The maximum Gasteiger partial charge on any atom is 0.239 e. The Hall–Kier alpha value is -1.10. The van der Waals surface area contributed by atoms with Gasteiger partial charge in [0.1, 0.15) is 0 Å². The first kappa shape index (κ1) is 12.0. The molecule has 1 aliphatic carbocycles. The van der Waals surface area contributed by atoms with Crippen LogP contribution in [0.1, 0.15) is 38.5 Å². The van der Waals surface area contributed by atoms with Crippen LogP contribution < -0.4 is 10.6 Å². The number of carbonyl (C=O) groups excluding carboxylic acids is 2. The van der Waals surface area contributed by atoms with Crippen molar-refractivity contribution < 1.29 is 9.59 Å². The van der Waals surface area contributed by atoms with Gasteiger partial charge in [-0.25, -0.2) is 0 Å². The summed E-state index contributed by atoms with van der Waals surface area (Å²) in [6, 6.07) is 0.759. The van der Waals surface area contributed by atoms with E-state index in [1.807, 2.05) is 4.90 Å². The van der Waals surface area contributed by atoms with Crippen molar-refractivity contribution in [3.05, 3.63) is 0 Å². The fourth-order valence-electron chi connectivity index (χ4n) is 2.89. The largest absolute Gasteiger partial charge is 0.352 e. The minimum atomic E-state index is 0.0170. The van der Waals surface area contributed by atoms with Gasteiger partial charge in [-0.15, -0.1) is 0 Å². The van der Waals surface area contributed by atoms with Gasteiger partial charge in [0.05, 0.1) is 6.04 Å². The van der Waals surface area contributed by atoms with Gasteiger partial charge in [0, 0.05) is 31.6 Å². The number of likely N-dealkylation sites (tertiary alicyclic amines) is 1. The van der Waals surface area contributed by atoms with Crippen molar-refractivity contribution in [2.75, 3.05) is 13.1 Å². The lowest BCUT2D eigenvalue weighted by Gasteiger charge is -2.34. The fraction of sp³-hybridized carbons (Fsp3) is 0.846. The van der Waals surface area contributed by atoms with Crippen molar-refractivity contribution in [1.82, 2.24) is 15.5 Å². The summed E-state index contributed by atoms with van der Waals surface area (Å²) in [5, 5.41) is 6.36. The van der Waals surface area contributed by atoms with Crippen molar-refractivity contribution in [2.24, 2.45) is 0 Å². The molecule has 2 N–H and O–H groups in total. The molecule has 0 aromatic carbocycles.